The van der Waals surface area contributed by atoms with Crippen LogP contribution in [0.2, 0.25) is 0 Å². The van der Waals surface area contributed by atoms with Crippen molar-refractivity contribution in [3.05, 3.63) is 34.6 Å². The van der Waals surface area contributed by atoms with E-state index in [1.807, 2.05) is 33.8 Å². The molecule has 1 aromatic heterocycles. The first-order valence-corrected chi connectivity index (χ1v) is 6.27. The van der Waals surface area contributed by atoms with Crippen molar-refractivity contribution in [2.45, 2.75) is 41.5 Å². The van der Waals surface area contributed by atoms with Gasteiger partial charge in [-0.05, 0) is 43.5 Å². The van der Waals surface area contributed by atoms with Crippen LogP contribution in [0, 0.1) is 26.2 Å². The van der Waals surface area contributed by atoms with E-state index in [4.69, 9.17) is 4.42 Å². The number of carbonyl (C=O) groups is 1. The average Bonchev–Trinajstić information content (AvgIpc) is 2.69. The van der Waals surface area contributed by atoms with Gasteiger partial charge in [0.15, 0.2) is 5.76 Å². The Morgan fingerprint density at radius 3 is 2.22 bits per heavy atom. The predicted molar refractivity (Wildman–Crippen MR) is 74.2 cm³/mol. The van der Waals surface area contributed by atoms with Crippen molar-refractivity contribution in [3.63, 3.8) is 0 Å². The highest BCUT2D eigenvalue weighted by molar-refractivity contribution is 6.01. The van der Waals surface area contributed by atoms with Gasteiger partial charge in [-0.1, -0.05) is 26.8 Å². The van der Waals surface area contributed by atoms with Crippen molar-refractivity contribution in [1.82, 2.24) is 0 Å². The Bertz CT molecular complexity index is 625. The maximum Gasteiger partial charge on any atom is 0.203 e. The van der Waals surface area contributed by atoms with Crippen molar-refractivity contribution in [1.29, 1.82) is 0 Å². The molecule has 0 bridgehead atoms. The highest BCUT2D eigenvalue weighted by atomic mass is 16.3. The minimum Gasteiger partial charge on any atom is -0.453 e. The number of carbonyl (C=O) groups excluding carboxylic acids is 1. The average molecular weight is 244 g/mol. The molecule has 0 amide bonds. The van der Waals surface area contributed by atoms with Crippen molar-refractivity contribution < 1.29 is 9.21 Å². The van der Waals surface area contributed by atoms with E-state index >= 15 is 0 Å². The lowest BCUT2D eigenvalue weighted by Gasteiger charge is -2.13. The summed E-state index contributed by atoms with van der Waals surface area (Å²) in [5, 5.41) is 1.05. The third kappa shape index (κ3) is 1.96. The minimum absolute atomic E-state index is 0.0511. The van der Waals surface area contributed by atoms with Gasteiger partial charge in [-0.3, -0.25) is 4.79 Å². The molecule has 0 aliphatic heterocycles. The van der Waals surface area contributed by atoms with Crippen LogP contribution in [-0.2, 0) is 0 Å². The summed E-state index contributed by atoms with van der Waals surface area (Å²) in [5.41, 5.74) is 3.91. The van der Waals surface area contributed by atoms with E-state index in [1.165, 1.54) is 5.56 Å². The molecule has 2 heteroatoms. The summed E-state index contributed by atoms with van der Waals surface area (Å²) in [6.07, 6.45) is 0. The predicted octanol–water partition coefficient (Wildman–Crippen LogP) is 4.59. The van der Waals surface area contributed by atoms with E-state index in [1.54, 1.807) is 0 Å². The molecule has 2 nitrogen and oxygen atoms in total. The standard InChI is InChI=1S/C16H20O2/c1-9-7-10(2)12-8-13(15(17)16(4,5)6)18-14(12)11(9)3/h7-8H,1-6H3. The van der Waals surface area contributed by atoms with Crippen LogP contribution < -0.4 is 0 Å². The maximum atomic E-state index is 12.2. The monoisotopic (exact) mass is 244 g/mol. The van der Waals surface area contributed by atoms with Gasteiger partial charge >= 0.3 is 0 Å². The lowest BCUT2D eigenvalue weighted by molar-refractivity contribution is 0.0831. The molecular formula is C16H20O2. The molecule has 0 radical (unpaired) electrons. The van der Waals surface area contributed by atoms with Gasteiger partial charge in [0, 0.05) is 10.8 Å². The van der Waals surface area contributed by atoms with Gasteiger partial charge in [0.25, 0.3) is 0 Å². The Kier molecular flexibility index (Phi) is 2.84. The van der Waals surface area contributed by atoms with Crippen LogP contribution in [-0.4, -0.2) is 5.78 Å². The number of fused-ring (bicyclic) bond motifs is 1. The van der Waals surface area contributed by atoms with Crippen LogP contribution in [0.5, 0.6) is 0 Å². The Balaban J connectivity index is 2.68. The van der Waals surface area contributed by atoms with Crippen LogP contribution in [0.4, 0.5) is 0 Å². The first kappa shape index (κ1) is 12.9. The highest BCUT2D eigenvalue weighted by Crippen LogP contribution is 2.31. The SMILES string of the molecule is Cc1cc(C)c2cc(C(=O)C(C)(C)C)oc2c1C. The lowest BCUT2D eigenvalue weighted by Crippen LogP contribution is -2.19. The molecule has 18 heavy (non-hydrogen) atoms. The number of furan rings is 1. The topological polar surface area (TPSA) is 30.2 Å². The van der Waals surface area contributed by atoms with Crippen molar-refractivity contribution in [2.24, 2.45) is 5.41 Å². The third-order valence-electron chi connectivity index (χ3n) is 3.43. The summed E-state index contributed by atoms with van der Waals surface area (Å²) in [6, 6.07) is 4.02. The fourth-order valence-electron chi connectivity index (χ4n) is 2.13. The van der Waals surface area contributed by atoms with Gasteiger partial charge in [-0.25, -0.2) is 0 Å². The Morgan fingerprint density at radius 1 is 1.06 bits per heavy atom. The zero-order chi connectivity index (χ0) is 13.7. The van der Waals surface area contributed by atoms with Gasteiger partial charge in [0.1, 0.15) is 5.58 Å². The number of hydrogen-bond acceptors (Lipinski definition) is 2. The van der Waals surface area contributed by atoms with E-state index < -0.39 is 5.41 Å². The molecule has 0 spiro atoms. The van der Waals surface area contributed by atoms with Crippen LogP contribution in [0.3, 0.4) is 0 Å². The molecule has 96 valence electrons. The third-order valence-corrected chi connectivity index (χ3v) is 3.43. The molecular weight excluding hydrogens is 224 g/mol. The van der Waals surface area contributed by atoms with Gasteiger partial charge in [-0.15, -0.1) is 0 Å². The van der Waals surface area contributed by atoms with Crippen LogP contribution in [0.1, 0.15) is 48.0 Å². The zero-order valence-electron chi connectivity index (χ0n) is 12.0. The summed E-state index contributed by atoms with van der Waals surface area (Å²) < 4.78 is 5.80. The molecule has 0 saturated heterocycles. The van der Waals surface area contributed by atoms with Gasteiger partial charge in [0.05, 0.1) is 0 Å². The molecule has 0 aliphatic carbocycles. The van der Waals surface area contributed by atoms with Crippen molar-refractivity contribution in [2.75, 3.05) is 0 Å². The Morgan fingerprint density at radius 2 is 1.67 bits per heavy atom. The van der Waals surface area contributed by atoms with E-state index in [9.17, 15) is 4.79 Å². The van der Waals surface area contributed by atoms with Crippen molar-refractivity contribution >= 4 is 16.8 Å². The number of aryl methyl sites for hydroxylation is 3. The van der Waals surface area contributed by atoms with E-state index in [-0.39, 0.29) is 5.78 Å². The van der Waals surface area contributed by atoms with E-state index in [2.05, 4.69) is 19.9 Å². The quantitative estimate of drug-likeness (QED) is 0.687. The molecule has 0 unspecified atom stereocenters. The lowest BCUT2D eigenvalue weighted by atomic mass is 9.89. The molecule has 0 fully saturated rings. The second-order valence-electron chi connectivity index (χ2n) is 6.07. The fraction of sp³-hybridized carbons (Fsp3) is 0.438. The molecule has 0 N–H and O–H groups in total. The van der Waals surface area contributed by atoms with Crippen LogP contribution >= 0.6 is 0 Å². The largest absolute Gasteiger partial charge is 0.453 e. The molecule has 2 aromatic rings. The summed E-state index contributed by atoms with van der Waals surface area (Å²) in [4.78, 5) is 12.2. The Hall–Kier alpha value is -1.57. The maximum absolute atomic E-state index is 12.2. The van der Waals surface area contributed by atoms with Crippen molar-refractivity contribution in [3.8, 4) is 0 Å². The van der Waals surface area contributed by atoms with Gasteiger partial charge < -0.3 is 4.42 Å². The first-order chi connectivity index (χ1) is 8.21. The highest BCUT2D eigenvalue weighted by Gasteiger charge is 2.26. The molecule has 0 aliphatic rings. The minimum atomic E-state index is -0.412. The molecule has 2 rings (SSSR count). The summed E-state index contributed by atoms with van der Waals surface area (Å²) in [5.74, 6) is 0.518. The summed E-state index contributed by atoms with van der Waals surface area (Å²) in [7, 11) is 0. The number of rotatable bonds is 1. The second kappa shape index (κ2) is 3.98. The second-order valence-corrected chi connectivity index (χ2v) is 6.07. The zero-order valence-corrected chi connectivity index (χ0v) is 12.0. The van der Waals surface area contributed by atoms with E-state index in [0.29, 0.717) is 5.76 Å². The number of hydrogen-bond donors (Lipinski definition) is 0. The number of Topliss-reactive ketones (excluding diaryl/α,β-unsaturated/α-hetero) is 1. The van der Waals surface area contributed by atoms with Crippen LogP contribution in [0.25, 0.3) is 11.0 Å². The van der Waals surface area contributed by atoms with E-state index in [0.717, 1.165) is 22.1 Å². The molecule has 0 atom stereocenters. The smallest absolute Gasteiger partial charge is 0.203 e. The van der Waals surface area contributed by atoms with Crippen LogP contribution in [0.15, 0.2) is 16.5 Å². The summed E-state index contributed by atoms with van der Waals surface area (Å²) >= 11 is 0. The summed E-state index contributed by atoms with van der Waals surface area (Å²) in [6.45, 7) is 11.9. The normalized spacial score (nSPS) is 12.1. The number of ketones is 1. The fourth-order valence-corrected chi connectivity index (χ4v) is 2.13. The number of benzene rings is 1. The Labute approximate surface area is 108 Å². The van der Waals surface area contributed by atoms with Gasteiger partial charge in [0.2, 0.25) is 5.78 Å². The molecule has 1 heterocycles. The molecule has 0 saturated carbocycles. The van der Waals surface area contributed by atoms with Gasteiger partial charge in [-0.2, -0.15) is 0 Å². The first-order valence-electron chi connectivity index (χ1n) is 6.27. The molecule has 1 aromatic carbocycles.